The van der Waals surface area contributed by atoms with E-state index in [-0.39, 0.29) is 11.5 Å². The van der Waals surface area contributed by atoms with E-state index >= 15 is 0 Å². The van der Waals surface area contributed by atoms with E-state index in [0.29, 0.717) is 28.7 Å². The summed E-state index contributed by atoms with van der Waals surface area (Å²) in [5, 5.41) is -0.237. The van der Waals surface area contributed by atoms with E-state index in [2.05, 4.69) is 0 Å². The van der Waals surface area contributed by atoms with Gasteiger partial charge in [0.2, 0.25) is 0 Å². The van der Waals surface area contributed by atoms with Crippen molar-refractivity contribution in [3.8, 4) is 11.5 Å². The van der Waals surface area contributed by atoms with Gasteiger partial charge in [-0.2, -0.15) is 0 Å². The quantitative estimate of drug-likeness (QED) is 0.399. The Morgan fingerprint density at radius 1 is 1.22 bits per heavy atom. The van der Waals surface area contributed by atoms with E-state index in [9.17, 15) is 14.4 Å². The monoisotopic (exact) mass is 475 g/mol. The molecule has 0 radical (unpaired) electrons. The molecule has 2 aromatic rings. The number of aryl methyl sites for hydroxylation is 1. The van der Waals surface area contributed by atoms with Crippen molar-refractivity contribution in [3.63, 3.8) is 0 Å². The van der Waals surface area contributed by atoms with Gasteiger partial charge in [-0.25, -0.2) is 0 Å². The zero-order valence-electron chi connectivity index (χ0n) is 17.8. The predicted molar refractivity (Wildman–Crippen MR) is 123 cm³/mol. The number of rotatable bonds is 8. The molecule has 1 saturated heterocycles. The Balaban J connectivity index is 1.79. The highest BCUT2D eigenvalue weighted by atomic mass is 35.5. The topological polar surface area (TPSA) is 82.1 Å². The van der Waals surface area contributed by atoms with Crippen LogP contribution >= 0.6 is 23.4 Å². The van der Waals surface area contributed by atoms with Crippen LogP contribution in [0, 0.1) is 6.92 Å². The van der Waals surface area contributed by atoms with Crippen molar-refractivity contribution in [2.45, 2.75) is 20.5 Å². The number of halogens is 1. The summed E-state index contributed by atoms with van der Waals surface area (Å²) in [6, 6.07) is 11.2. The van der Waals surface area contributed by atoms with Gasteiger partial charge in [-0.05, 0) is 54.9 Å². The Kier molecular flexibility index (Phi) is 7.82. The van der Waals surface area contributed by atoms with Crippen LogP contribution in [0.15, 0.2) is 41.3 Å². The fraction of sp³-hybridized carbons (Fsp3) is 0.261. The number of ether oxygens (including phenoxy) is 3. The molecule has 0 atom stereocenters. The van der Waals surface area contributed by atoms with Crippen molar-refractivity contribution in [1.82, 2.24) is 4.90 Å². The van der Waals surface area contributed by atoms with E-state index in [0.717, 1.165) is 27.8 Å². The van der Waals surface area contributed by atoms with Crippen LogP contribution in [0.4, 0.5) is 4.79 Å². The van der Waals surface area contributed by atoms with E-state index in [1.807, 2.05) is 31.2 Å². The van der Waals surface area contributed by atoms with Crippen LogP contribution in [-0.2, 0) is 20.9 Å². The maximum absolute atomic E-state index is 12.6. The highest BCUT2D eigenvalue weighted by molar-refractivity contribution is 8.18. The van der Waals surface area contributed by atoms with Crippen molar-refractivity contribution >= 4 is 46.6 Å². The number of carbonyl (C=O) groups is 3. The summed E-state index contributed by atoms with van der Waals surface area (Å²) in [6.45, 7) is 3.70. The maximum Gasteiger partial charge on any atom is 0.326 e. The molecule has 168 valence electrons. The minimum atomic E-state index is -0.643. The number of thioether (sulfide) groups is 1. The second kappa shape index (κ2) is 10.6. The number of benzene rings is 2. The molecule has 0 bridgehead atoms. The van der Waals surface area contributed by atoms with Gasteiger partial charge in [0, 0.05) is 0 Å². The predicted octanol–water partition coefficient (Wildman–Crippen LogP) is 4.84. The van der Waals surface area contributed by atoms with E-state index in [1.54, 1.807) is 19.1 Å². The zero-order chi connectivity index (χ0) is 23.3. The van der Waals surface area contributed by atoms with Crippen molar-refractivity contribution in [2.75, 3.05) is 20.3 Å². The third-order valence-corrected chi connectivity index (χ3v) is 5.67. The van der Waals surface area contributed by atoms with Gasteiger partial charge in [0.1, 0.15) is 13.2 Å². The Labute approximate surface area is 195 Å². The molecule has 32 heavy (non-hydrogen) atoms. The Hall–Kier alpha value is -2.97. The summed E-state index contributed by atoms with van der Waals surface area (Å²) >= 11 is 7.17. The average Bonchev–Trinajstić information content (AvgIpc) is 3.00. The van der Waals surface area contributed by atoms with Crippen LogP contribution in [0.1, 0.15) is 23.6 Å². The molecular formula is C23H22ClNO6S. The summed E-state index contributed by atoms with van der Waals surface area (Å²) in [7, 11) is 1.49. The molecule has 1 heterocycles. The van der Waals surface area contributed by atoms with Gasteiger partial charge in [0.05, 0.1) is 23.6 Å². The van der Waals surface area contributed by atoms with Crippen molar-refractivity contribution in [2.24, 2.45) is 0 Å². The highest BCUT2D eigenvalue weighted by Crippen LogP contribution is 2.39. The largest absolute Gasteiger partial charge is 0.493 e. The van der Waals surface area contributed by atoms with Crippen LogP contribution in [0.2, 0.25) is 5.02 Å². The van der Waals surface area contributed by atoms with Crippen LogP contribution in [0.3, 0.4) is 0 Å². The fourth-order valence-corrected chi connectivity index (χ4v) is 4.16. The molecule has 0 spiro atoms. The first-order valence-corrected chi connectivity index (χ1v) is 11.0. The van der Waals surface area contributed by atoms with Gasteiger partial charge in [-0.3, -0.25) is 19.3 Å². The van der Waals surface area contributed by atoms with Crippen LogP contribution in [0.25, 0.3) is 6.08 Å². The summed E-state index contributed by atoms with van der Waals surface area (Å²) in [6.07, 6.45) is 1.52. The molecule has 0 N–H and O–H groups in total. The van der Waals surface area contributed by atoms with Gasteiger partial charge in [0.25, 0.3) is 11.1 Å². The smallest absolute Gasteiger partial charge is 0.326 e. The lowest BCUT2D eigenvalue weighted by Gasteiger charge is -2.14. The van der Waals surface area contributed by atoms with E-state index < -0.39 is 23.7 Å². The first-order chi connectivity index (χ1) is 15.3. The number of hydrogen-bond donors (Lipinski definition) is 0. The molecule has 0 unspecified atom stereocenters. The lowest BCUT2D eigenvalue weighted by Crippen LogP contribution is -2.34. The number of methoxy groups -OCH3 is 1. The molecule has 3 rings (SSSR count). The van der Waals surface area contributed by atoms with Crippen LogP contribution in [0.5, 0.6) is 11.5 Å². The van der Waals surface area contributed by atoms with Gasteiger partial charge in [0.15, 0.2) is 11.5 Å². The van der Waals surface area contributed by atoms with Crippen molar-refractivity contribution in [3.05, 3.63) is 63.0 Å². The summed E-state index contributed by atoms with van der Waals surface area (Å²) in [5.41, 5.74) is 2.66. The minimum absolute atomic E-state index is 0.168. The third-order valence-electron chi connectivity index (χ3n) is 4.48. The number of imide groups is 1. The Morgan fingerprint density at radius 2 is 2.00 bits per heavy atom. The average molecular weight is 476 g/mol. The number of amides is 2. The SMILES string of the molecule is CCOC(=O)CN1C(=O)S/C(=C\c2cc(Cl)c(OCc3cccc(C)c3)c(OC)c2)C1=O. The fourth-order valence-electron chi connectivity index (χ4n) is 3.04. The number of esters is 1. The third kappa shape index (κ3) is 5.63. The standard InChI is InChI=1S/C23H22ClNO6S/c1-4-30-20(26)12-25-22(27)19(32-23(25)28)11-16-9-17(24)21(18(10-16)29-3)31-13-15-7-5-6-14(2)8-15/h5-11H,4,12-13H2,1-3H3/b19-11-. The molecule has 9 heteroatoms. The molecule has 2 amide bonds. The first kappa shape index (κ1) is 23.7. The normalized spacial score (nSPS) is 14.8. The highest BCUT2D eigenvalue weighted by Gasteiger charge is 2.36. The van der Waals surface area contributed by atoms with Crippen LogP contribution < -0.4 is 9.47 Å². The molecule has 1 aliphatic heterocycles. The van der Waals surface area contributed by atoms with E-state index in [4.69, 9.17) is 25.8 Å². The molecule has 2 aromatic carbocycles. The number of carbonyl (C=O) groups excluding carboxylic acids is 3. The molecule has 0 aliphatic carbocycles. The molecular weight excluding hydrogens is 454 g/mol. The lowest BCUT2D eigenvalue weighted by molar-refractivity contribution is -0.145. The number of nitrogens with zero attached hydrogens (tertiary/aromatic N) is 1. The van der Waals surface area contributed by atoms with Gasteiger partial charge < -0.3 is 14.2 Å². The summed E-state index contributed by atoms with van der Waals surface area (Å²) < 4.78 is 16.1. The van der Waals surface area contributed by atoms with Crippen molar-refractivity contribution < 1.29 is 28.6 Å². The first-order valence-electron chi connectivity index (χ1n) is 9.79. The van der Waals surface area contributed by atoms with Gasteiger partial charge in [-0.15, -0.1) is 0 Å². The van der Waals surface area contributed by atoms with Gasteiger partial charge in [-0.1, -0.05) is 41.4 Å². The van der Waals surface area contributed by atoms with Crippen molar-refractivity contribution in [1.29, 1.82) is 0 Å². The summed E-state index contributed by atoms with van der Waals surface area (Å²) in [5.74, 6) is -0.441. The maximum atomic E-state index is 12.6. The summed E-state index contributed by atoms with van der Waals surface area (Å²) in [4.78, 5) is 37.4. The van der Waals surface area contributed by atoms with Crippen LogP contribution in [-0.4, -0.2) is 42.3 Å². The Morgan fingerprint density at radius 3 is 2.69 bits per heavy atom. The number of hydrogen-bond acceptors (Lipinski definition) is 7. The zero-order valence-corrected chi connectivity index (χ0v) is 19.4. The van der Waals surface area contributed by atoms with Gasteiger partial charge >= 0.3 is 5.97 Å². The minimum Gasteiger partial charge on any atom is -0.493 e. The second-order valence-corrected chi connectivity index (χ2v) is 8.29. The second-order valence-electron chi connectivity index (χ2n) is 6.88. The molecule has 0 aromatic heterocycles. The molecule has 1 fully saturated rings. The molecule has 7 nitrogen and oxygen atoms in total. The molecule has 1 aliphatic rings. The molecule has 0 saturated carbocycles. The van der Waals surface area contributed by atoms with E-state index in [1.165, 1.54) is 13.2 Å². The Bertz CT molecular complexity index is 1080. The lowest BCUT2D eigenvalue weighted by atomic mass is 10.1.